The lowest BCUT2D eigenvalue weighted by Crippen LogP contribution is -2.14. The van der Waals surface area contributed by atoms with E-state index in [4.69, 9.17) is 4.42 Å². The Morgan fingerprint density at radius 3 is 1.77 bits per heavy atom. The van der Waals surface area contributed by atoms with E-state index in [0.717, 1.165) is 17.5 Å². The first-order valence-corrected chi connectivity index (χ1v) is 16.6. The molecule has 0 amide bonds. The van der Waals surface area contributed by atoms with Crippen molar-refractivity contribution in [3.63, 3.8) is 0 Å². The van der Waals surface area contributed by atoms with E-state index in [1.807, 2.05) is 42.5 Å². The maximum Gasteiger partial charge on any atom is 0.208 e. The molecule has 0 saturated carbocycles. The van der Waals surface area contributed by atoms with Gasteiger partial charge in [0.15, 0.2) is 0 Å². The molecule has 0 atom stereocenters. The molecule has 0 spiro atoms. The molecule has 8 heteroatoms. The zero-order valence-electron chi connectivity index (χ0n) is 24.5. The molecule has 0 unspecified atom stereocenters. The average molecular weight is 655 g/mol. The molecule has 1 aliphatic heterocycles. The van der Waals surface area contributed by atoms with Crippen LogP contribution in [-0.4, -0.2) is 8.42 Å². The standard InChI is InChI=1S/C40H18F4O3S/c41-23-9-21(10-24(42)17-23)35-29-13-20-16-32-30(14-19(20)15-31(29)39-37(35)27-5-1-3-7-33(27)47-39)36(22-11-25(43)18-26(44)12-22)38-28-6-2-4-8-34(28)48(45,46)40(32)38/h1-18H. The van der Waals surface area contributed by atoms with Crippen molar-refractivity contribution in [2.75, 3.05) is 0 Å². The molecule has 3 aliphatic rings. The smallest absolute Gasteiger partial charge is 0.208 e. The SMILES string of the molecule is O=S1(=O)C2=C(C(c3cc(F)cc(F)c3)=c3cc4cc5c(cc4cc32)=C(c2cc(F)cc(F)c2)c2c-5oc3ccccc23)c2ccccc21. The van der Waals surface area contributed by atoms with Crippen molar-refractivity contribution in [1.82, 2.24) is 0 Å². The lowest BCUT2D eigenvalue weighted by Gasteiger charge is -2.11. The van der Waals surface area contributed by atoms with Gasteiger partial charge in [-0.05, 0) is 98.6 Å². The number of allylic oxidation sites excluding steroid dienone is 1. The van der Waals surface area contributed by atoms with E-state index in [1.165, 1.54) is 30.3 Å². The molecular formula is C40H18F4O3S. The Morgan fingerprint density at radius 2 is 1.08 bits per heavy atom. The predicted octanol–water partition coefficient (Wildman–Crippen LogP) is 8.24. The van der Waals surface area contributed by atoms with Crippen LogP contribution < -0.4 is 10.4 Å². The summed E-state index contributed by atoms with van der Waals surface area (Å²) in [6, 6.07) is 28.0. The first kappa shape index (κ1) is 27.4. The second kappa shape index (κ2) is 9.20. The van der Waals surface area contributed by atoms with Crippen LogP contribution in [-0.2, 0) is 9.84 Å². The molecule has 1 aromatic heterocycles. The largest absolute Gasteiger partial charge is 0.455 e. The van der Waals surface area contributed by atoms with Crippen molar-refractivity contribution in [3.05, 3.63) is 171 Å². The van der Waals surface area contributed by atoms with Gasteiger partial charge in [0.25, 0.3) is 0 Å². The quantitative estimate of drug-likeness (QED) is 0.177. The molecule has 2 aliphatic carbocycles. The number of benzene rings is 6. The number of rotatable bonds is 2. The van der Waals surface area contributed by atoms with Crippen molar-refractivity contribution in [1.29, 1.82) is 0 Å². The zero-order valence-corrected chi connectivity index (χ0v) is 25.4. The van der Waals surface area contributed by atoms with Gasteiger partial charge in [-0.15, -0.1) is 0 Å². The summed E-state index contributed by atoms with van der Waals surface area (Å²) in [6.07, 6.45) is 0. The summed E-state index contributed by atoms with van der Waals surface area (Å²) in [6.45, 7) is 0. The van der Waals surface area contributed by atoms with E-state index in [1.54, 1.807) is 24.3 Å². The number of para-hydroxylation sites is 1. The van der Waals surface area contributed by atoms with Crippen LogP contribution in [0.4, 0.5) is 17.6 Å². The fourth-order valence-electron chi connectivity index (χ4n) is 7.69. The maximum atomic E-state index is 14.7. The molecule has 7 aromatic rings. The molecule has 0 radical (unpaired) electrons. The van der Waals surface area contributed by atoms with Gasteiger partial charge in [0.2, 0.25) is 9.84 Å². The van der Waals surface area contributed by atoms with Gasteiger partial charge in [0, 0.05) is 50.9 Å². The highest BCUT2D eigenvalue weighted by Gasteiger charge is 2.42. The van der Waals surface area contributed by atoms with Crippen LogP contribution in [0.5, 0.6) is 0 Å². The number of sulfone groups is 1. The highest BCUT2D eigenvalue weighted by atomic mass is 32.2. The van der Waals surface area contributed by atoms with Crippen LogP contribution in [0.3, 0.4) is 0 Å². The summed E-state index contributed by atoms with van der Waals surface area (Å²) in [7, 11) is -3.99. The highest BCUT2D eigenvalue weighted by Crippen LogP contribution is 2.52. The topological polar surface area (TPSA) is 47.3 Å². The minimum absolute atomic E-state index is 0.0788. The molecule has 48 heavy (non-hydrogen) atoms. The average Bonchev–Trinajstić information content (AvgIpc) is 3.73. The summed E-state index contributed by atoms with van der Waals surface area (Å²) in [5.41, 5.74) is 4.85. The summed E-state index contributed by atoms with van der Waals surface area (Å²) in [5, 5.41) is 3.36. The van der Waals surface area contributed by atoms with Crippen LogP contribution in [0.2, 0.25) is 0 Å². The summed E-state index contributed by atoms with van der Waals surface area (Å²) in [5.74, 6) is -2.46. The molecule has 0 bridgehead atoms. The predicted molar refractivity (Wildman–Crippen MR) is 176 cm³/mol. The van der Waals surface area contributed by atoms with Gasteiger partial charge in [0.1, 0.15) is 34.6 Å². The molecule has 0 fully saturated rings. The van der Waals surface area contributed by atoms with E-state index in [0.29, 0.717) is 77.1 Å². The van der Waals surface area contributed by atoms with Crippen molar-refractivity contribution in [2.45, 2.75) is 4.90 Å². The molecule has 3 nitrogen and oxygen atoms in total. The Hall–Kier alpha value is -5.73. The number of hydrogen-bond acceptors (Lipinski definition) is 3. The van der Waals surface area contributed by atoms with Gasteiger partial charge in [-0.3, -0.25) is 0 Å². The van der Waals surface area contributed by atoms with Crippen LogP contribution in [0.1, 0.15) is 27.8 Å². The Morgan fingerprint density at radius 1 is 0.521 bits per heavy atom. The number of furan rings is 1. The van der Waals surface area contributed by atoms with Gasteiger partial charge < -0.3 is 4.42 Å². The second-order valence-electron chi connectivity index (χ2n) is 12.2. The normalized spacial score (nSPS) is 15.2. The van der Waals surface area contributed by atoms with Gasteiger partial charge in [-0.25, -0.2) is 26.0 Å². The van der Waals surface area contributed by atoms with Crippen molar-refractivity contribution in [2.24, 2.45) is 0 Å². The van der Waals surface area contributed by atoms with Gasteiger partial charge in [-0.1, -0.05) is 36.4 Å². The van der Waals surface area contributed by atoms with Gasteiger partial charge >= 0.3 is 0 Å². The molecule has 0 N–H and O–H groups in total. The van der Waals surface area contributed by atoms with Crippen molar-refractivity contribution in [3.8, 4) is 11.3 Å². The summed E-state index contributed by atoms with van der Waals surface area (Å²) < 4.78 is 93.1. The van der Waals surface area contributed by atoms with E-state index in [-0.39, 0.29) is 15.4 Å². The van der Waals surface area contributed by atoms with Crippen LogP contribution in [0.25, 0.3) is 54.7 Å². The second-order valence-corrected chi connectivity index (χ2v) is 14.1. The zero-order chi connectivity index (χ0) is 32.6. The maximum absolute atomic E-state index is 14.7. The first-order valence-electron chi connectivity index (χ1n) is 15.1. The van der Waals surface area contributed by atoms with Crippen LogP contribution in [0.15, 0.2) is 119 Å². The number of halogens is 4. The fraction of sp³-hybridized carbons (Fsp3) is 0. The monoisotopic (exact) mass is 654 g/mol. The van der Waals surface area contributed by atoms with Crippen LogP contribution >= 0.6 is 0 Å². The summed E-state index contributed by atoms with van der Waals surface area (Å²) >= 11 is 0. The Balaban J connectivity index is 1.35. The Labute approximate surface area is 269 Å². The van der Waals surface area contributed by atoms with E-state index in [9.17, 15) is 26.0 Å². The molecule has 6 aromatic carbocycles. The minimum atomic E-state index is -3.99. The van der Waals surface area contributed by atoms with Crippen molar-refractivity contribution < 1.29 is 30.4 Å². The molecule has 2 heterocycles. The van der Waals surface area contributed by atoms with E-state index in [2.05, 4.69) is 0 Å². The van der Waals surface area contributed by atoms with E-state index < -0.39 is 33.1 Å². The number of fused-ring (bicyclic) bond motifs is 10. The third-order valence-corrected chi connectivity index (χ3v) is 11.4. The van der Waals surface area contributed by atoms with Gasteiger partial charge in [-0.2, -0.15) is 0 Å². The molecular weight excluding hydrogens is 636 g/mol. The molecule has 10 rings (SSSR count). The Kier molecular flexibility index (Phi) is 5.25. The highest BCUT2D eigenvalue weighted by molar-refractivity contribution is 8.01. The first-order chi connectivity index (χ1) is 23.2. The molecule has 230 valence electrons. The summed E-state index contributed by atoms with van der Waals surface area (Å²) in [4.78, 5) is 0.208. The lowest BCUT2D eigenvalue weighted by molar-refractivity contribution is 0.582. The minimum Gasteiger partial charge on any atom is -0.455 e. The van der Waals surface area contributed by atoms with Gasteiger partial charge in [0.05, 0.1) is 9.80 Å². The van der Waals surface area contributed by atoms with E-state index >= 15 is 0 Å². The van der Waals surface area contributed by atoms with Crippen LogP contribution in [0, 0.1) is 23.3 Å². The van der Waals surface area contributed by atoms with Crippen molar-refractivity contribution >= 4 is 53.2 Å². The fourth-order valence-corrected chi connectivity index (χ4v) is 9.57. The Bertz CT molecular complexity index is 2910. The lowest BCUT2D eigenvalue weighted by atomic mass is 9.93. The third-order valence-electron chi connectivity index (χ3n) is 9.48. The molecule has 0 saturated heterocycles. The number of hydrogen-bond donors (Lipinski definition) is 0. The third kappa shape index (κ3) is 3.55.